The Labute approximate surface area is 108 Å². The summed E-state index contributed by atoms with van der Waals surface area (Å²) in [5, 5.41) is 3.03. The van der Waals surface area contributed by atoms with E-state index in [9.17, 15) is 4.79 Å². The lowest BCUT2D eigenvalue weighted by molar-refractivity contribution is -0.117. The zero-order valence-corrected chi connectivity index (χ0v) is 10.5. The van der Waals surface area contributed by atoms with E-state index in [0.29, 0.717) is 11.8 Å². The second-order valence-corrected chi connectivity index (χ2v) is 5.33. The highest BCUT2D eigenvalue weighted by atomic mass is 16.2. The number of anilines is 1. The Morgan fingerprint density at radius 3 is 2.83 bits per heavy atom. The fourth-order valence-electron chi connectivity index (χ4n) is 3.05. The molecule has 0 radical (unpaired) electrons. The third-order valence-electron chi connectivity index (χ3n) is 4.09. The predicted molar refractivity (Wildman–Crippen MR) is 73.1 cm³/mol. The maximum atomic E-state index is 12.2. The number of fused-ring (bicyclic) bond motifs is 1. The lowest BCUT2D eigenvalue weighted by atomic mass is 10.1. The molecule has 2 aliphatic rings. The largest absolute Gasteiger partial charge is 0.326 e. The van der Waals surface area contributed by atoms with Crippen molar-refractivity contribution in [3.63, 3.8) is 0 Å². The number of para-hydroxylation sites is 1. The molecule has 3 atom stereocenters. The van der Waals surface area contributed by atoms with Gasteiger partial charge in [-0.25, -0.2) is 0 Å². The minimum atomic E-state index is 0.197. The van der Waals surface area contributed by atoms with Crippen LogP contribution < -0.4 is 5.32 Å². The van der Waals surface area contributed by atoms with Crippen LogP contribution in [0.3, 0.4) is 0 Å². The van der Waals surface area contributed by atoms with E-state index in [4.69, 9.17) is 0 Å². The van der Waals surface area contributed by atoms with E-state index in [1.165, 1.54) is 25.7 Å². The van der Waals surface area contributed by atoms with Crippen LogP contribution in [0, 0.1) is 17.8 Å². The SMILES string of the molecule is O=C(Nc1ccccc1)[C@@H]1[C@@H]2C=CCCCC[C@H]21. The molecule has 2 aliphatic carbocycles. The topological polar surface area (TPSA) is 29.1 Å². The van der Waals surface area contributed by atoms with Crippen molar-refractivity contribution in [2.75, 3.05) is 5.32 Å². The number of amides is 1. The molecule has 18 heavy (non-hydrogen) atoms. The van der Waals surface area contributed by atoms with Gasteiger partial charge in [-0.2, -0.15) is 0 Å². The number of allylic oxidation sites excluding steroid dienone is 2. The van der Waals surface area contributed by atoms with Crippen molar-refractivity contribution in [3.05, 3.63) is 42.5 Å². The van der Waals surface area contributed by atoms with Crippen LogP contribution in [-0.4, -0.2) is 5.91 Å². The van der Waals surface area contributed by atoms with E-state index < -0.39 is 0 Å². The first-order valence-electron chi connectivity index (χ1n) is 6.89. The lowest BCUT2D eigenvalue weighted by Gasteiger charge is -2.04. The summed E-state index contributed by atoms with van der Waals surface area (Å²) in [4.78, 5) is 12.2. The van der Waals surface area contributed by atoms with Gasteiger partial charge in [-0.15, -0.1) is 0 Å². The predicted octanol–water partition coefficient (Wildman–Crippen LogP) is 3.62. The van der Waals surface area contributed by atoms with Crippen molar-refractivity contribution in [2.45, 2.75) is 25.7 Å². The smallest absolute Gasteiger partial charge is 0.228 e. The monoisotopic (exact) mass is 241 g/mol. The van der Waals surface area contributed by atoms with Crippen LogP contribution >= 0.6 is 0 Å². The number of hydrogen-bond donors (Lipinski definition) is 1. The van der Waals surface area contributed by atoms with Gasteiger partial charge in [0.15, 0.2) is 0 Å². The van der Waals surface area contributed by atoms with Crippen molar-refractivity contribution in [1.82, 2.24) is 0 Å². The molecule has 3 rings (SSSR count). The molecule has 1 amide bonds. The van der Waals surface area contributed by atoms with Gasteiger partial charge in [0.2, 0.25) is 5.91 Å². The first kappa shape index (κ1) is 11.5. The molecular weight excluding hydrogens is 222 g/mol. The van der Waals surface area contributed by atoms with Gasteiger partial charge in [-0.1, -0.05) is 36.8 Å². The summed E-state index contributed by atoms with van der Waals surface area (Å²) in [5.41, 5.74) is 0.908. The molecule has 0 bridgehead atoms. The van der Waals surface area contributed by atoms with Gasteiger partial charge in [0, 0.05) is 11.6 Å². The Kier molecular flexibility index (Phi) is 3.18. The van der Waals surface area contributed by atoms with Crippen LogP contribution in [0.2, 0.25) is 0 Å². The molecule has 1 saturated carbocycles. The van der Waals surface area contributed by atoms with E-state index in [-0.39, 0.29) is 11.8 Å². The minimum Gasteiger partial charge on any atom is -0.326 e. The van der Waals surface area contributed by atoms with Crippen molar-refractivity contribution in [2.24, 2.45) is 17.8 Å². The summed E-state index contributed by atoms with van der Waals surface area (Å²) in [6.45, 7) is 0. The van der Waals surface area contributed by atoms with Gasteiger partial charge >= 0.3 is 0 Å². The summed E-state index contributed by atoms with van der Waals surface area (Å²) in [6, 6.07) is 9.75. The number of carbonyl (C=O) groups is 1. The first-order valence-corrected chi connectivity index (χ1v) is 6.89. The van der Waals surface area contributed by atoms with Crippen LogP contribution in [-0.2, 0) is 4.79 Å². The Bertz CT molecular complexity index is 451. The zero-order valence-electron chi connectivity index (χ0n) is 10.5. The molecule has 1 aromatic rings. The Morgan fingerprint density at radius 1 is 1.17 bits per heavy atom. The number of nitrogens with one attached hydrogen (secondary N) is 1. The third-order valence-corrected chi connectivity index (χ3v) is 4.09. The van der Waals surface area contributed by atoms with E-state index in [1.807, 2.05) is 30.3 Å². The van der Waals surface area contributed by atoms with Crippen molar-refractivity contribution in [1.29, 1.82) is 0 Å². The van der Waals surface area contributed by atoms with Gasteiger partial charge in [0.1, 0.15) is 0 Å². The summed E-state index contributed by atoms with van der Waals surface area (Å²) in [6.07, 6.45) is 9.44. The number of hydrogen-bond acceptors (Lipinski definition) is 1. The van der Waals surface area contributed by atoms with Crippen LogP contribution in [0.4, 0.5) is 5.69 Å². The molecule has 1 fully saturated rings. The molecule has 94 valence electrons. The van der Waals surface area contributed by atoms with Crippen molar-refractivity contribution < 1.29 is 4.79 Å². The standard InChI is InChI=1S/C16H19NO/c18-16(17-12-8-4-3-5-9-12)15-13-10-6-1-2-7-11-14(13)15/h3-6,8-10,13-15H,1-2,7,11H2,(H,17,18)/t13-,14-,15-/m1/s1. The molecule has 0 aliphatic heterocycles. The van der Waals surface area contributed by atoms with Crippen LogP contribution in [0.5, 0.6) is 0 Å². The molecule has 0 saturated heterocycles. The molecule has 0 heterocycles. The van der Waals surface area contributed by atoms with Gasteiger partial charge in [-0.3, -0.25) is 4.79 Å². The maximum absolute atomic E-state index is 12.2. The average molecular weight is 241 g/mol. The molecule has 1 N–H and O–H groups in total. The maximum Gasteiger partial charge on any atom is 0.228 e. The van der Waals surface area contributed by atoms with Crippen LogP contribution in [0.15, 0.2) is 42.5 Å². The normalized spacial score (nSPS) is 29.9. The Hall–Kier alpha value is -1.57. The fraction of sp³-hybridized carbons (Fsp3) is 0.438. The highest BCUT2D eigenvalue weighted by Gasteiger charge is 2.52. The highest BCUT2D eigenvalue weighted by Crippen LogP contribution is 2.51. The quantitative estimate of drug-likeness (QED) is 0.787. The minimum absolute atomic E-state index is 0.197. The van der Waals surface area contributed by atoms with Crippen molar-refractivity contribution >= 4 is 11.6 Å². The summed E-state index contributed by atoms with van der Waals surface area (Å²) < 4.78 is 0. The van der Waals surface area contributed by atoms with Gasteiger partial charge < -0.3 is 5.32 Å². The van der Waals surface area contributed by atoms with E-state index in [1.54, 1.807) is 0 Å². The molecule has 0 spiro atoms. The highest BCUT2D eigenvalue weighted by molar-refractivity contribution is 5.95. The Balaban J connectivity index is 1.64. The average Bonchev–Trinajstić information content (AvgIpc) is 3.02. The summed E-state index contributed by atoms with van der Waals surface area (Å²) in [5.74, 6) is 1.49. The first-order chi connectivity index (χ1) is 8.86. The van der Waals surface area contributed by atoms with Crippen molar-refractivity contribution in [3.8, 4) is 0 Å². The van der Waals surface area contributed by atoms with E-state index in [0.717, 1.165) is 5.69 Å². The Morgan fingerprint density at radius 2 is 2.00 bits per heavy atom. The zero-order chi connectivity index (χ0) is 12.4. The molecule has 0 unspecified atom stereocenters. The molecule has 2 nitrogen and oxygen atoms in total. The number of benzene rings is 1. The number of rotatable bonds is 2. The van der Waals surface area contributed by atoms with Gasteiger partial charge in [-0.05, 0) is 43.2 Å². The lowest BCUT2D eigenvalue weighted by Crippen LogP contribution is -2.15. The third kappa shape index (κ3) is 2.33. The van der Waals surface area contributed by atoms with Gasteiger partial charge in [0.25, 0.3) is 0 Å². The van der Waals surface area contributed by atoms with E-state index >= 15 is 0 Å². The van der Waals surface area contributed by atoms with Crippen LogP contribution in [0.1, 0.15) is 25.7 Å². The second-order valence-electron chi connectivity index (χ2n) is 5.33. The van der Waals surface area contributed by atoms with E-state index in [2.05, 4.69) is 17.5 Å². The molecule has 1 aromatic carbocycles. The number of carbonyl (C=O) groups excluding carboxylic acids is 1. The summed E-state index contributed by atoms with van der Waals surface area (Å²) >= 11 is 0. The molecular formula is C16H19NO. The second kappa shape index (κ2) is 4.97. The molecule has 2 heteroatoms. The molecule has 0 aromatic heterocycles. The van der Waals surface area contributed by atoms with Crippen LogP contribution in [0.25, 0.3) is 0 Å². The fourth-order valence-corrected chi connectivity index (χ4v) is 3.05. The summed E-state index contributed by atoms with van der Waals surface area (Å²) in [7, 11) is 0. The van der Waals surface area contributed by atoms with Gasteiger partial charge in [0.05, 0.1) is 0 Å².